The lowest BCUT2D eigenvalue weighted by Crippen LogP contribution is -2.55. The predicted molar refractivity (Wildman–Crippen MR) is 134 cm³/mol. The number of fused-ring (bicyclic) bond motifs is 3. The summed E-state index contributed by atoms with van der Waals surface area (Å²) in [5, 5.41) is 18.9. The first-order valence-corrected chi connectivity index (χ1v) is 12.3. The first-order chi connectivity index (χ1) is 17.5. The third-order valence-electron chi connectivity index (χ3n) is 5.82. The number of aromatic nitrogens is 3. The Bertz CT molecular complexity index is 1150. The zero-order valence-corrected chi connectivity index (χ0v) is 21.8. The van der Waals surface area contributed by atoms with Crippen LogP contribution in [-0.2, 0) is 27.5 Å². The van der Waals surface area contributed by atoms with Crippen molar-refractivity contribution >= 4 is 23.6 Å². The van der Waals surface area contributed by atoms with Gasteiger partial charge in [0.15, 0.2) is 0 Å². The molecule has 1 aromatic heterocycles. The van der Waals surface area contributed by atoms with E-state index < -0.39 is 35.8 Å². The normalized spacial score (nSPS) is 22.2. The minimum atomic E-state index is -0.933. The summed E-state index contributed by atoms with van der Waals surface area (Å²) in [6, 6.07) is 2.55. The van der Waals surface area contributed by atoms with Gasteiger partial charge in [0.2, 0.25) is 17.7 Å². The van der Waals surface area contributed by atoms with Crippen molar-refractivity contribution in [2.75, 3.05) is 6.61 Å². The van der Waals surface area contributed by atoms with Gasteiger partial charge in [-0.05, 0) is 45.2 Å². The number of nitrogens with one attached hydrogen (secondary N) is 4. The van der Waals surface area contributed by atoms with Gasteiger partial charge in [-0.1, -0.05) is 30.7 Å². The van der Waals surface area contributed by atoms with Crippen molar-refractivity contribution in [2.45, 2.75) is 72.3 Å². The molecule has 1 aliphatic rings. The minimum absolute atomic E-state index is 0.133. The molecule has 37 heavy (non-hydrogen) atoms. The fourth-order valence-electron chi connectivity index (χ4n) is 3.77. The van der Waals surface area contributed by atoms with E-state index in [4.69, 9.17) is 4.74 Å². The van der Waals surface area contributed by atoms with Crippen LogP contribution in [0, 0.1) is 12.8 Å². The number of rotatable bonds is 2. The molecule has 0 saturated heterocycles. The second-order valence-corrected chi connectivity index (χ2v) is 9.65. The summed E-state index contributed by atoms with van der Waals surface area (Å²) in [6.07, 6.45) is 2.10. The highest BCUT2D eigenvalue weighted by atomic mass is 16.5. The Kier molecular flexibility index (Phi) is 9.20. The number of benzene rings is 1. The smallest absolute Gasteiger partial charge is 0.255 e. The first kappa shape index (κ1) is 27.6. The van der Waals surface area contributed by atoms with E-state index in [1.807, 2.05) is 26.8 Å². The standard InChI is InChI=1S/C25H35N7O5/c1-14(2)10-20-25(36)26-12-18-13-32(31-30-18)8-9-37-21-7-6-15(3)11-19(21)24(35)28-16(4)22(33)27-17(5)23(34)29-20/h6-7,11,13-14,16-17,20H,8-10,12H2,1-5H3,(H,26,36)(H,27,33)(H,28,35)(H,29,34)/t16-,17-,20-/m1/s1. The molecular formula is C25H35N7O5. The van der Waals surface area contributed by atoms with Gasteiger partial charge in [-0.2, -0.15) is 0 Å². The molecule has 0 unspecified atom stereocenters. The molecule has 4 N–H and O–H groups in total. The highest BCUT2D eigenvalue weighted by Crippen LogP contribution is 2.20. The van der Waals surface area contributed by atoms with Crippen molar-refractivity contribution in [1.29, 1.82) is 0 Å². The van der Waals surface area contributed by atoms with Gasteiger partial charge >= 0.3 is 0 Å². The molecule has 1 aliphatic heterocycles. The average Bonchev–Trinajstić information content (AvgIpc) is 3.29. The summed E-state index contributed by atoms with van der Waals surface area (Å²) in [5.74, 6) is -1.40. The van der Waals surface area contributed by atoms with Crippen LogP contribution in [-0.4, -0.2) is 63.4 Å². The van der Waals surface area contributed by atoms with Gasteiger partial charge in [0.25, 0.3) is 5.91 Å². The number of aryl methyl sites for hydroxylation is 1. The third-order valence-corrected chi connectivity index (χ3v) is 5.82. The molecule has 0 aliphatic carbocycles. The van der Waals surface area contributed by atoms with Crippen molar-refractivity contribution in [1.82, 2.24) is 36.3 Å². The molecule has 0 spiro atoms. The van der Waals surface area contributed by atoms with E-state index in [0.717, 1.165) is 5.56 Å². The second kappa shape index (κ2) is 12.3. The fraction of sp³-hybridized carbons (Fsp3) is 0.520. The van der Waals surface area contributed by atoms with Gasteiger partial charge in [0, 0.05) is 0 Å². The molecular weight excluding hydrogens is 478 g/mol. The molecule has 0 radical (unpaired) electrons. The van der Waals surface area contributed by atoms with Gasteiger partial charge in [-0.25, -0.2) is 4.68 Å². The largest absolute Gasteiger partial charge is 0.491 e. The lowest BCUT2D eigenvalue weighted by Gasteiger charge is -2.23. The quantitative estimate of drug-likeness (QED) is 0.454. The Morgan fingerprint density at radius 3 is 2.46 bits per heavy atom. The van der Waals surface area contributed by atoms with Crippen LogP contribution in [0.5, 0.6) is 5.75 Å². The van der Waals surface area contributed by atoms with Gasteiger partial charge in [-0.15, -0.1) is 5.10 Å². The van der Waals surface area contributed by atoms with Gasteiger partial charge < -0.3 is 26.0 Å². The first-order valence-electron chi connectivity index (χ1n) is 12.3. The third kappa shape index (κ3) is 7.76. The van der Waals surface area contributed by atoms with Crippen molar-refractivity contribution in [3.05, 3.63) is 41.2 Å². The monoisotopic (exact) mass is 513 g/mol. The number of carbonyl (C=O) groups excluding carboxylic acids is 4. The summed E-state index contributed by atoms with van der Waals surface area (Å²) >= 11 is 0. The molecule has 1 aromatic carbocycles. The van der Waals surface area contributed by atoms with E-state index in [2.05, 4.69) is 31.6 Å². The number of hydrogen-bond donors (Lipinski definition) is 4. The lowest BCUT2D eigenvalue weighted by molar-refractivity contribution is -0.132. The van der Waals surface area contributed by atoms with E-state index in [-0.39, 0.29) is 25.0 Å². The van der Waals surface area contributed by atoms with Crippen molar-refractivity contribution in [2.24, 2.45) is 5.92 Å². The lowest BCUT2D eigenvalue weighted by atomic mass is 10.0. The van der Waals surface area contributed by atoms with Crippen LogP contribution in [0.2, 0.25) is 0 Å². The number of ether oxygens (including phenoxy) is 1. The van der Waals surface area contributed by atoms with Crippen molar-refractivity contribution in [3.8, 4) is 5.75 Å². The molecule has 12 heteroatoms. The minimum Gasteiger partial charge on any atom is -0.491 e. The van der Waals surface area contributed by atoms with Crippen LogP contribution in [0.4, 0.5) is 0 Å². The molecule has 2 aromatic rings. The zero-order valence-electron chi connectivity index (χ0n) is 21.8. The topological polar surface area (TPSA) is 156 Å². The highest BCUT2D eigenvalue weighted by Gasteiger charge is 2.27. The molecule has 12 nitrogen and oxygen atoms in total. The molecule has 0 saturated carbocycles. The van der Waals surface area contributed by atoms with Crippen LogP contribution < -0.4 is 26.0 Å². The summed E-state index contributed by atoms with van der Waals surface area (Å²) < 4.78 is 7.43. The van der Waals surface area contributed by atoms with E-state index in [1.165, 1.54) is 13.8 Å². The van der Waals surface area contributed by atoms with Gasteiger partial charge in [0.1, 0.15) is 36.2 Å². The second-order valence-electron chi connectivity index (χ2n) is 9.65. The van der Waals surface area contributed by atoms with E-state index >= 15 is 0 Å². The van der Waals surface area contributed by atoms with E-state index in [9.17, 15) is 19.2 Å². The van der Waals surface area contributed by atoms with Crippen molar-refractivity contribution < 1.29 is 23.9 Å². The van der Waals surface area contributed by atoms with Crippen LogP contribution >= 0.6 is 0 Å². The average molecular weight is 514 g/mol. The number of hydrogen-bond acceptors (Lipinski definition) is 7. The van der Waals surface area contributed by atoms with Crippen LogP contribution in [0.15, 0.2) is 24.4 Å². The molecule has 3 atom stereocenters. The summed E-state index contributed by atoms with van der Waals surface area (Å²) in [6.45, 7) is 9.49. The summed E-state index contributed by atoms with van der Waals surface area (Å²) in [7, 11) is 0. The molecule has 3 rings (SSSR count). The van der Waals surface area contributed by atoms with Gasteiger partial charge in [0.05, 0.1) is 24.8 Å². The molecule has 2 bridgehead atoms. The van der Waals surface area contributed by atoms with Gasteiger partial charge in [-0.3, -0.25) is 19.2 Å². The van der Waals surface area contributed by atoms with Crippen LogP contribution in [0.25, 0.3) is 0 Å². The number of amides is 4. The highest BCUT2D eigenvalue weighted by molar-refractivity contribution is 6.00. The van der Waals surface area contributed by atoms with E-state index in [1.54, 1.807) is 23.0 Å². The molecule has 200 valence electrons. The Labute approximate surface area is 215 Å². The number of carbonyl (C=O) groups is 4. The number of nitrogens with zero attached hydrogens (tertiary/aromatic N) is 3. The Balaban J connectivity index is 1.85. The maximum Gasteiger partial charge on any atom is 0.255 e. The molecule has 0 fully saturated rings. The van der Waals surface area contributed by atoms with Crippen LogP contribution in [0.3, 0.4) is 0 Å². The summed E-state index contributed by atoms with van der Waals surface area (Å²) in [4.78, 5) is 51.4. The maximum atomic E-state index is 13.0. The Morgan fingerprint density at radius 1 is 1.03 bits per heavy atom. The Hall–Kier alpha value is -3.96. The summed E-state index contributed by atoms with van der Waals surface area (Å²) in [5.41, 5.74) is 1.69. The SMILES string of the molecule is Cc1ccc2c(c1)C(=O)N[C@H](C)C(=O)N[C@H](C)C(=O)N[C@H](CC(C)C)C(=O)NCc1cn(nn1)CCO2. The fourth-order valence-corrected chi connectivity index (χ4v) is 3.77. The van der Waals surface area contributed by atoms with Crippen LogP contribution in [0.1, 0.15) is 55.7 Å². The Morgan fingerprint density at radius 2 is 1.73 bits per heavy atom. The maximum absolute atomic E-state index is 13.0. The zero-order chi connectivity index (χ0) is 27.1. The molecule has 2 heterocycles. The predicted octanol–water partition coefficient (Wildman–Crippen LogP) is 0.449. The molecule has 4 amide bonds. The van der Waals surface area contributed by atoms with E-state index in [0.29, 0.717) is 30.0 Å². The van der Waals surface area contributed by atoms with Crippen molar-refractivity contribution in [3.63, 3.8) is 0 Å².